The fourth-order valence-corrected chi connectivity index (χ4v) is 3.34. The van der Waals surface area contributed by atoms with Gasteiger partial charge in [-0.2, -0.15) is 0 Å². The van der Waals surface area contributed by atoms with Crippen LogP contribution in [-0.2, 0) is 18.4 Å². The summed E-state index contributed by atoms with van der Waals surface area (Å²) in [7, 11) is 1.57. The largest absolute Gasteiger partial charge is 0.330 e. The predicted molar refractivity (Wildman–Crippen MR) is 96.7 cm³/mol. The van der Waals surface area contributed by atoms with Gasteiger partial charge in [0.1, 0.15) is 6.54 Å². The van der Waals surface area contributed by atoms with E-state index < -0.39 is 30.6 Å². The summed E-state index contributed by atoms with van der Waals surface area (Å²) >= 11 is 0. The number of nitrogens with zero attached hydrogens (tertiary/aromatic N) is 4. The van der Waals surface area contributed by atoms with Crippen molar-refractivity contribution in [1.29, 1.82) is 0 Å². The van der Waals surface area contributed by atoms with Gasteiger partial charge in [-0.3, -0.25) is 13.9 Å². The standard InChI is InChI=1S/C19H18F2N4O2/c1-12-4-3-5-13(6-12)14-7-15-17(22-8-14)23(2)18(27)25(15)9-16(26)24-10-19(20,21)11-24/h3-8H,9-11H2,1-2H3. The maximum absolute atomic E-state index is 13.0. The molecule has 0 spiro atoms. The zero-order valence-corrected chi connectivity index (χ0v) is 14.9. The van der Waals surface area contributed by atoms with Gasteiger partial charge in [0.2, 0.25) is 5.91 Å². The molecule has 27 heavy (non-hydrogen) atoms. The second-order valence-corrected chi connectivity index (χ2v) is 6.97. The van der Waals surface area contributed by atoms with Crippen LogP contribution in [0.5, 0.6) is 0 Å². The van der Waals surface area contributed by atoms with Crippen molar-refractivity contribution < 1.29 is 13.6 Å². The lowest BCUT2D eigenvalue weighted by Gasteiger charge is -2.38. The van der Waals surface area contributed by atoms with Gasteiger partial charge in [-0.25, -0.2) is 18.6 Å². The zero-order valence-electron chi connectivity index (χ0n) is 14.9. The number of imidazole rings is 1. The number of likely N-dealkylation sites (tertiary alicyclic amines) is 1. The topological polar surface area (TPSA) is 60.1 Å². The Bertz CT molecular complexity index is 1110. The van der Waals surface area contributed by atoms with Crippen molar-refractivity contribution in [2.24, 2.45) is 7.05 Å². The highest BCUT2D eigenvalue weighted by Gasteiger charge is 2.46. The third kappa shape index (κ3) is 3.01. The molecule has 1 fully saturated rings. The Morgan fingerprint density at radius 2 is 1.96 bits per heavy atom. The lowest BCUT2D eigenvalue weighted by molar-refractivity contribution is -0.166. The molecule has 0 N–H and O–H groups in total. The molecule has 0 unspecified atom stereocenters. The second kappa shape index (κ2) is 6.00. The molecule has 4 rings (SSSR count). The Hall–Kier alpha value is -3.03. The van der Waals surface area contributed by atoms with Gasteiger partial charge in [-0.1, -0.05) is 29.8 Å². The van der Waals surface area contributed by atoms with Crippen LogP contribution in [0.4, 0.5) is 8.78 Å². The number of benzene rings is 1. The minimum atomic E-state index is -2.83. The monoisotopic (exact) mass is 372 g/mol. The number of amides is 1. The van der Waals surface area contributed by atoms with Gasteiger partial charge in [0, 0.05) is 18.8 Å². The molecule has 0 aliphatic carbocycles. The van der Waals surface area contributed by atoms with Crippen LogP contribution >= 0.6 is 0 Å². The highest BCUT2D eigenvalue weighted by Crippen LogP contribution is 2.27. The first-order valence-electron chi connectivity index (χ1n) is 8.53. The molecule has 6 nitrogen and oxygen atoms in total. The van der Waals surface area contributed by atoms with Gasteiger partial charge in [-0.15, -0.1) is 0 Å². The van der Waals surface area contributed by atoms with E-state index in [1.165, 1.54) is 9.13 Å². The summed E-state index contributed by atoms with van der Waals surface area (Å²) in [6, 6.07) is 9.66. The number of halogens is 2. The zero-order chi connectivity index (χ0) is 19.3. The summed E-state index contributed by atoms with van der Waals surface area (Å²) in [4.78, 5) is 30.3. The average Bonchev–Trinajstić information content (AvgIpc) is 2.84. The van der Waals surface area contributed by atoms with E-state index in [2.05, 4.69) is 4.98 Å². The van der Waals surface area contributed by atoms with Crippen LogP contribution in [0, 0.1) is 6.92 Å². The summed E-state index contributed by atoms with van der Waals surface area (Å²) < 4.78 is 28.7. The molecular weight excluding hydrogens is 354 g/mol. The molecule has 3 aromatic rings. The summed E-state index contributed by atoms with van der Waals surface area (Å²) in [5, 5.41) is 0. The molecule has 140 valence electrons. The smallest absolute Gasteiger partial charge is 0.329 e. The molecule has 1 saturated heterocycles. The van der Waals surface area contributed by atoms with Crippen LogP contribution in [-0.4, -0.2) is 43.9 Å². The molecule has 1 aromatic carbocycles. The van der Waals surface area contributed by atoms with Crippen molar-refractivity contribution in [2.45, 2.75) is 19.4 Å². The van der Waals surface area contributed by atoms with Crippen LogP contribution in [0.1, 0.15) is 5.56 Å². The molecule has 3 heterocycles. The van der Waals surface area contributed by atoms with Crippen LogP contribution in [0.2, 0.25) is 0 Å². The highest BCUT2D eigenvalue weighted by molar-refractivity contribution is 5.82. The molecule has 1 amide bonds. The second-order valence-electron chi connectivity index (χ2n) is 6.97. The third-order valence-corrected chi connectivity index (χ3v) is 4.82. The number of fused-ring (bicyclic) bond motifs is 1. The minimum absolute atomic E-state index is 0.287. The highest BCUT2D eigenvalue weighted by atomic mass is 19.3. The van der Waals surface area contributed by atoms with E-state index in [0.29, 0.717) is 11.2 Å². The first-order chi connectivity index (χ1) is 12.7. The van der Waals surface area contributed by atoms with E-state index in [4.69, 9.17) is 0 Å². The molecule has 0 radical (unpaired) electrons. The van der Waals surface area contributed by atoms with E-state index in [1.807, 2.05) is 31.2 Å². The number of pyridine rings is 1. The molecule has 1 aliphatic heterocycles. The third-order valence-electron chi connectivity index (χ3n) is 4.82. The van der Waals surface area contributed by atoms with E-state index >= 15 is 0 Å². The summed E-state index contributed by atoms with van der Waals surface area (Å²) in [5.74, 6) is -3.34. The van der Waals surface area contributed by atoms with Crippen LogP contribution in [0.15, 0.2) is 41.3 Å². The fraction of sp³-hybridized carbons (Fsp3) is 0.316. The minimum Gasteiger partial charge on any atom is -0.329 e. The van der Waals surface area contributed by atoms with Crippen molar-refractivity contribution in [3.05, 3.63) is 52.6 Å². The maximum Gasteiger partial charge on any atom is 0.330 e. The van der Waals surface area contributed by atoms with E-state index in [-0.39, 0.29) is 6.54 Å². The Kier molecular flexibility index (Phi) is 3.87. The number of hydrogen-bond acceptors (Lipinski definition) is 3. The van der Waals surface area contributed by atoms with E-state index in [9.17, 15) is 18.4 Å². The van der Waals surface area contributed by atoms with Crippen molar-refractivity contribution in [3.63, 3.8) is 0 Å². The SMILES string of the molecule is Cc1cccc(-c2cnc3c(c2)n(CC(=O)N2CC(F)(F)C2)c(=O)n3C)c1. The first kappa shape index (κ1) is 17.4. The normalized spacial score (nSPS) is 15.8. The Labute approximate surface area is 153 Å². The fourth-order valence-electron chi connectivity index (χ4n) is 3.34. The molecule has 2 aromatic heterocycles. The quantitative estimate of drug-likeness (QED) is 0.708. The van der Waals surface area contributed by atoms with Crippen LogP contribution < -0.4 is 5.69 Å². The van der Waals surface area contributed by atoms with Gasteiger partial charge in [0.15, 0.2) is 5.65 Å². The van der Waals surface area contributed by atoms with Gasteiger partial charge in [-0.05, 0) is 18.6 Å². The van der Waals surface area contributed by atoms with E-state index in [1.54, 1.807) is 19.3 Å². The van der Waals surface area contributed by atoms with E-state index in [0.717, 1.165) is 21.6 Å². The molecule has 8 heteroatoms. The molecule has 0 bridgehead atoms. The summed E-state index contributed by atoms with van der Waals surface area (Å²) in [6.45, 7) is 0.497. The Balaban J connectivity index is 1.73. The molecule has 0 saturated carbocycles. The van der Waals surface area contributed by atoms with Gasteiger partial charge in [0.25, 0.3) is 5.92 Å². The number of hydrogen-bond donors (Lipinski definition) is 0. The molecule has 1 aliphatic rings. The maximum atomic E-state index is 13.0. The predicted octanol–water partition coefficient (Wildman–Crippen LogP) is 2.19. The number of carbonyl (C=O) groups excluding carboxylic acids is 1. The average molecular weight is 372 g/mol. The van der Waals surface area contributed by atoms with Crippen LogP contribution in [0.25, 0.3) is 22.3 Å². The first-order valence-corrected chi connectivity index (χ1v) is 8.53. The van der Waals surface area contributed by atoms with Gasteiger partial charge >= 0.3 is 5.69 Å². The molecular formula is C19H18F2N4O2. The van der Waals surface area contributed by atoms with Crippen molar-refractivity contribution in [3.8, 4) is 11.1 Å². The molecule has 0 atom stereocenters. The number of aryl methyl sites for hydroxylation is 2. The van der Waals surface area contributed by atoms with Crippen molar-refractivity contribution in [1.82, 2.24) is 19.0 Å². The van der Waals surface area contributed by atoms with Gasteiger partial charge in [0.05, 0.1) is 18.6 Å². The Morgan fingerprint density at radius 1 is 1.22 bits per heavy atom. The number of carbonyl (C=O) groups is 1. The van der Waals surface area contributed by atoms with Crippen LogP contribution in [0.3, 0.4) is 0 Å². The number of rotatable bonds is 3. The lowest BCUT2D eigenvalue weighted by Crippen LogP contribution is -2.59. The van der Waals surface area contributed by atoms with Crippen molar-refractivity contribution in [2.75, 3.05) is 13.1 Å². The number of aromatic nitrogens is 3. The lowest BCUT2D eigenvalue weighted by atomic mass is 10.1. The Morgan fingerprint density at radius 3 is 2.63 bits per heavy atom. The summed E-state index contributed by atoms with van der Waals surface area (Å²) in [6.07, 6.45) is 1.68. The number of alkyl halides is 2. The summed E-state index contributed by atoms with van der Waals surface area (Å²) in [5.41, 5.74) is 3.39. The van der Waals surface area contributed by atoms with Gasteiger partial charge < -0.3 is 4.90 Å². The van der Waals surface area contributed by atoms with Crippen molar-refractivity contribution >= 4 is 17.1 Å².